The molecule has 0 amide bonds. The van der Waals surface area contributed by atoms with E-state index in [4.69, 9.17) is 10.5 Å². The van der Waals surface area contributed by atoms with Crippen LogP contribution in [0.1, 0.15) is 33.6 Å². The zero-order valence-corrected chi connectivity index (χ0v) is 8.86. The van der Waals surface area contributed by atoms with Crippen LogP contribution >= 0.6 is 0 Å². The van der Waals surface area contributed by atoms with Crippen LogP contribution in [0.5, 0.6) is 0 Å². The van der Waals surface area contributed by atoms with E-state index in [1.54, 1.807) is 0 Å². The van der Waals surface area contributed by atoms with Gasteiger partial charge in [-0.15, -0.1) is 0 Å². The van der Waals surface area contributed by atoms with E-state index in [0.717, 1.165) is 24.2 Å². The van der Waals surface area contributed by atoms with E-state index in [9.17, 15) is 0 Å². The molecule has 0 bridgehead atoms. The van der Waals surface area contributed by atoms with Gasteiger partial charge in [0.05, 0.1) is 12.2 Å². The number of hydrogen-bond acceptors (Lipinski definition) is 2. The molecule has 2 nitrogen and oxygen atoms in total. The average Bonchev–Trinajstić information content (AvgIpc) is 2.76. The molecule has 13 heavy (non-hydrogen) atoms. The van der Waals surface area contributed by atoms with Crippen molar-refractivity contribution in [1.29, 1.82) is 0 Å². The summed E-state index contributed by atoms with van der Waals surface area (Å²) in [6.45, 7) is 6.92. The first-order valence-electron chi connectivity index (χ1n) is 5.50. The average molecular weight is 183 g/mol. The van der Waals surface area contributed by atoms with Crippen LogP contribution < -0.4 is 5.73 Å². The van der Waals surface area contributed by atoms with Gasteiger partial charge in [-0.25, -0.2) is 0 Å². The lowest BCUT2D eigenvalue weighted by Gasteiger charge is -2.21. The van der Waals surface area contributed by atoms with E-state index in [-0.39, 0.29) is 0 Å². The topological polar surface area (TPSA) is 38.5 Å². The lowest BCUT2D eigenvalue weighted by molar-refractivity contribution is 0.208. The first-order chi connectivity index (χ1) is 6.09. The number of hydrogen-bond donors (Lipinski definition) is 1. The molecule has 0 aromatic carbocycles. The lowest BCUT2D eigenvalue weighted by Crippen LogP contribution is -2.28. The van der Waals surface area contributed by atoms with E-state index >= 15 is 0 Å². The quantitative estimate of drug-likeness (QED) is 0.629. The summed E-state index contributed by atoms with van der Waals surface area (Å²) < 4.78 is 5.67. The predicted molar refractivity (Wildman–Crippen MR) is 53.4 cm³/mol. The van der Waals surface area contributed by atoms with Gasteiger partial charge < -0.3 is 10.5 Å². The van der Waals surface area contributed by atoms with E-state index in [2.05, 4.69) is 20.8 Å². The summed E-state index contributed by atoms with van der Waals surface area (Å²) in [5, 5.41) is 0. The first-order valence-corrected chi connectivity index (χ1v) is 5.50. The molecule has 2 rings (SSSR count). The number of fused-ring (bicyclic) bond motifs is 1. The third-order valence-corrected chi connectivity index (χ3v) is 3.61. The Morgan fingerprint density at radius 1 is 1.23 bits per heavy atom. The van der Waals surface area contributed by atoms with Crippen LogP contribution in [0, 0.1) is 17.8 Å². The van der Waals surface area contributed by atoms with Crippen LogP contribution in [-0.4, -0.2) is 18.2 Å². The predicted octanol–water partition coefficient (Wildman–Crippen LogP) is 1.78. The van der Waals surface area contributed by atoms with Crippen LogP contribution in [0.4, 0.5) is 0 Å². The van der Waals surface area contributed by atoms with Gasteiger partial charge in [0.15, 0.2) is 0 Å². The number of epoxide rings is 1. The molecule has 2 aliphatic rings. The van der Waals surface area contributed by atoms with Crippen molar-refractivity contribution in [2.75, 3.05) is 0 Å². The highest BCUT2D eigenvalue weighted by Gasteiger charge is 2.51. The minimum absolute atomic E-state index is 0.295. The Balaban J connectivity index is 2.05. The molecule has 5 atom stereocenters. The lowest BCUT2D eigenvalue weighted by atomic mass is 9.85. The number of ether oxygens (including phenoxy) is 1. The van der Waals surface area contributed by atoms with Crippen molar-refractivity contribution in [3.63, 3.8) is 0 Å². The van der Waals surface area contributed by atoms with Crippen molar-refractivity contribution in [1.82, 2.24) is 0 Å². The summed E-state index contributed by atoms with van der Waals surface area (Å²) in [6.07, 6.45) is 3.31. The molecule has 2 fully saturated rings. The zero-order chi connectivity index (χ0) is 9.59. The maximum absolute atomic E-state index is 6.05. The SMILES string of the molecule is CC(C)C1C[C@H](C)C[C@@H](N)[C@H]2O[C@@H]12. The van der Waals surface area contributed by atoms with Gasteiger partial charge in [0, 0.05) is 6.04 Å². The van der Waals surface area contributed by atoms with E-state index in [0.29, 0.717) is 18.2 Å². The monoisotopic (exact) mass is 183 g/mol. The van der Waals surface area contributed by atoms with Crippen LogP contribution in [0.25, 0.3) is 0 Å². The summed E-state index contributed by atoms with van der Waals surface area (Å²) in [7, 11) is 0. The van der Waals surface area contributed by atoms with E-state index in [1.807, 2.05) is 0 Å². The molecule has 1 heterocycles. The summed E-state index contributed by atoms with van der Waals surface area (Å²) in [4.78, 5) is 0. The molecular weight excluding hydrogens is 162 g/mol. The fourth-order valence-corrected chi connectivity index (χ4v) is 2.77. The summed E-state index contributed by atoms with van der Waals surface area (Å²) in [6, 6.07) is 0.295. The third kappa shape index (κ3) is 1.75. The van der Waals surface area contributed by atoms with Crippen molar-refractivity contribution in [2.45, 2.75) is 51.9 Å². The molecule has 0 aromatic rings. The minimum Gasteiger partial charge on any atom is -0.368 e. The van der Waals surface area contributed by atoms with Gasteiger partial charge in [0.25, 0.3) is 0 Å². The van der Waals surface area contributed by atoms with Gasteiger partial charge in [-0.2, -0.15) is 0 Å². The molecule has 2 N–H and O–H groups in total. The molecule has 1 saturated heterocycles. The molecular formula is C11H21NO. The van der Waals surface area contributed by atoms with Crippen molar-refractivity contribution in [3.05, 3.63) is 0 Å². The van der Waals surface area contributed by atoms with Crippen molar-refractivity contribution < 1.29 is 4.74 Å². The van der Waals surface area contributed by atoms with Gasteiger partial charge in [0.2, 0.25) is 0 Å². The molecule has 1 aliphatic heterocycles. The van der Waals surface area contributed by atoms with Crippen molar-refractivity contribution >= 4 is 0 Å². The Hall–Kier alpha value is -0.0800. The Labute approximate surface area is 80.8 Å². The highest BCUT2D eigenvalue weighted by Crippen LogP contribution is 2.43. The van der Waals surface area contributed by atoms with Crippen LogP contribution in [0.2, 0.25) is 0 Å². The van der Waals surface area contributed by atoms with Crippen LogP contribution in [0.3, 0.4) is 0 Å². The second-order valence-corrected chi connectivity index (χ2v) is 5.21. The maximum Gasteiger partial charge on any atom is 0.0995 e. The Kier molecular flexibility index (Phi) is 2.37. The Morgan fingerprint density at radius 2 is 1.92 bits per heavy atom. The maximum atomic E-state index is 6.05. The zero-order valence-electron chi connectivity index (χ0n) is 8.86. The van der Waals surface area contributed by atoms with Gasteiger partial charge in [0.1, 0.15) is 0 Å². The molecule has 2 heteroatoms. The Morgan fingerprint density at radius 3 is 2.54 bits per heavy atom. The minimum atomic E-state index is 0.295. The molecule has 76 valence electrons. The standard InChI is InChI=1S/C11H21NO/c1-6(2)8-4-7(3)5-9(12)11-10(8)13-11/h6-11H,4-5,12H2,1-3H3/t7-,8?,9+,10-,11+/m0/s1. The van der Waals surface area contributed by atoms with Gasteiger partial charge >= 0.3 is 0 Å². The molecule has 0 spiro atoms. The molecule has 1 unspecified atom stereocenters. The van der Waals surface area contributed by atoms with Gasteiger partial charge in [-0.05, 0) is 30.6 Å². The normalized spacial score (nSPS) is 50.1. The second kappa shape index (κ2) is 3.25. The van der Waals surface area contributed by atoms with E-state index in [1.165, 1.54) is 6.42 Å². The molecule has 1 aliphatic carbocycles. The fourth-order valence-electron chi connectivity index (χ4n) is 2.77. The highest BCUT2D eigenvalue weighted by molar-refractivity contribution is 5.01. The third-order valence-electron chi connectivity index (χ3n) is 3.61. The molecule has 0 radical (unpaired) electrons. The Bertz CT molecular complexity index is 193. The smallest absolute Gasteiger partial charge is 0.0995 e. The van der Waals surface area contributed by atoms with Gasteiger partial charge in [-0.3, -0.25) is 0 Å². The van der Waals surface area contributed by atoms with Gasteiger partial charge in [-0.1, -0.05) is 20.8 Å². The summed E-state index contributed by atoms with van der Waals surface area (Å²) in [5.74, 6) is 2.26. The van der Waals surface area contributed by atoms with Crippen molar-refractivity contribution in [2.24, 2.45) is 23.5 Å². The van der Waals surface area contributed by atoms with Crippen LogP contribution in [-0.2, 0) is 4.74 Å². The molecule has 1 saturated carbocycles. The fraction of sp³-hybridized carbons (Fsp3) is 1.00. The largest absolute Gasteiger partial charge is 0.368 e. The first kappa shape index (κ1) is 9.47. The summed E-state index contributed by atoms with van der Waals surface area (Å²) >= 11 is 0. The van der Waals surface area contributed by atoms with Crippen LogP contribution in [0.15, 0.2) is 0 Å². The summed E-state index contributed by atoms with van der Waals surface area (Å²) in [5.41, 5.74) is 6.05. The van der Waals surface area contributed by atoms with E-state index < -0.39 is 0 Å². The number of nitrogens with two attached hydrogens (primary N) is 1. The molecule has 0 aromatic heterocycles. The number of rotatable bonds is 1. The highest BCUT2D eigenvalue weighted by atomic mass is 16.6. The van der Waals surface area contributed by atoms with Crippen molar-refractivity contribution in [3.8, 4) is 0 Å². The second-order valence-electron chi connectivity index (χ2n) is 5.21.